The van der Waals surface area contributed by atoms with Gasteiger partial charge in [0, 0.05) is 30.8 Å². The van der Waals surface area contributed by atoms with Crippen molar-refractivity contribution in [3.05, 3.63) is 36.0 Å². The SMILES string of the molecule is COCCOCCOCCn1ccc2c(CO)cccc21. The van der Waals surface area contributed by atoms with E-state index in [1.165, 1.54) is 0 Å². The zero-order valence-corrected chi connectivity index (χ0v) is 12.5. The van der Waals surface area contributed by atoms with E-state index < -0.39 is 0 Å². The molecule has 0 radical (unpaired) electrons. The minimum Gasteiger partial charge on any atom is -0.392 e. The van der Waals surface area contributed by atoms with Crippen LogP contribution in [0.25, 0.3) is 10.9 Å². The van der Waals surface area contributed by atoms with E-state index in [1.54, 1.807) is 7.11 Å². The molecule has 0 saturated heterocycles. The molecule has 21 heavy (non-hydrogen) atoms. The van der Waals surface area contributed by atoms with Crippen LogP contribution in [0, 0.1) is 0 Å². The first-order valence-electron chi connectivity index (χ1n) is 7.19. The fourth-order valence-electron chi connectivity index (χ4n) is 2.25. The number of rotatable bonds is 10. The molecule has 0 atom stereocenters. The summed E-state index contributed by atoms with van der Waals surface area (Å²) in [5.41, 5.74) is 2.08. The minimum absolute atomic E-state index is 0.0661. The standard InChI is InChI=1S/C16H23NO4/c1-19-9-10-21-12-11-20-8-7-17-6-5-15-14(13-18)3-2-4-16(15)17/h2-6,18H,7-13H2,1H3. The Hall–Kier alpha value is -1.40. The highest BCUT2D eigenvalue weighted by atomic mass is 16.5. The molecule has 1 aromatic heterocycles. The average molecular weight is 293 g/mol. The van der Waals surface area contributed by atoms with Crippen LogP contribution in [-0.2, 0) is 27.4 Å². The third-order valence-corrected chi connectivity index (χ3v) is 3.35. The molecule has 0 aliphatic carbocycles. The van der Waals surface area contributed by atoms with Gasteiger partial charge < -0.3 is 23.9 Å². The minimum atomic E-state index is 0.0661. The van der Waals surface area contributed by atoms with Gasteiger partial charge in [0.05, 0.1) is 39.6 Å². The third-order valence-electron chi connectivity index (χ3n) is 3.35. The lowest BCUT2D eigenvalue weighted by atomic mass is 10.1. The molecular weight excluding hydrogens is 270 g/mol. The first-order valence-corrected chi connectivity index (χ1v) is 7.19. The van der Waals surface area contributed by atoms with Crippen molar-refractivity contribution in [1.29, 1.82) is 0 Å². The van der Waals surface area contributed by atoms with Crippen LogP contribution < -0.4 is 0 Å². The van der Waals surface area contributed by atoms with Gasteiger partial charge in [-0.15, -0.1) is 0 Å². The van der Waals surface area contributed by atoms with Gasteiger partial charge in [-0.25, -0.2) is 0 Å². The van der Waals surface area contributed by atoms with Crippen molar-refractivity contribution in [3.63, 3.8) is 0 Å². The van der Waals surface area contributed by atoms with E-state index in [0.717, 1.165) is 23.0 Å². The van der Waals surface area contributed by atoms with Gasteiger partial charge in [0.25, 0.3) is 0 Å². The second-order valence-electron chi connectivity index (χ2n) is 4.73. The van der Waals surface area contributed by atoms with Crippen molar-refractivity contribution in [3.8, 4) is 0 Å². The zero-order chi connectivity index (χ0) is 14.9. The Balaban J connectivity index is 1.74. The summed E-state index contributed by atoms with van der Waals surface area (Å²) < 4.78 is 17.9. The maximum absolute atomic E-state index is 9.32. The van der Waals surface area contributed by atoms with Crippen molar-refractivity contribution in [2.75, 3.05) is 40.1 Å². The largest absolute Gasteiger partial charge is 0.392 e. The molecule has 0 bridgehead atoms. The summed E-state index contributed by atoms with van der Waals surface area (Å²) >= 11 is 0. The molecule has 2 rings (SSSR count). The zero-order valence-electron chi connectivity index (χ0n) is 12.5. The summed E-state index contributed by atoms with van der Waals surface area (Å²) in [5.74, 6) is 0. The van der Waals surface area contributed by atoms with Gasteiger partial charge in [0.2, 0.25) is 0 Å². The van der Waals surface area contributed by atoms with Crippen LogP contribution in [0.2, 0.25) is 0 Å². The first kappa shape index (κ1) is 16.0. The summed E-state index contributed by atoms with van der Waals surface area (Å²) in [4.78, 5) is 0. The second kappa shape index (κ2) is 8.79. The Morgan fingerprint density at radius 2 is 1.76 bits per heavy atom. The monoisotopic (exact) mass is 293 g/mol. The van der Waals surface area contributed by atoms with Crippen molar-refractivity contribution in [2.45, 2.75) is 13.2 Å². The molecule has 0 saturated carbocycles. The number of ether oxygens (including phenoxy) is 3. The quantitative estimate of drug-likeness (QED) is 0.679. The lowest BCUT2D eigenvalue weighted by molar-refractivity contribution is 0.0232. The lowest BCUT2D eigenvalue weighted by Crippen LogP contribution is -2.11. The van der Waals surface area contributed by atoms with Crippen LogP contribution >= 0.6 is 0 Å². The molecule has 5 heteroatoms. The van der Waals surface area contributed by atoms with Gasteiger partial charge in [-0.1, -0.05) is 12.1 Å². The van der Waals surface area contributed by atoms with Crippen LogP contribution in [0.5, 0.6) is 0 Å². The second-order valence-corrected chi connectivity index (χ2v) is 4.73. The molecule has 1 aromatic carbocycles. The fraction of sp³-hybridized carbons (Fsp3) is 0.500. The summed E-state index contributed by atoms with van der Waals surface area (Å²) in [5, 5.41) is 10.4. The van der Waals surface area contributed by atoms with Gasteiger partial charge in [0.15, 0.2) is 0 Å². The van der Waals surface area contributed by atoms with E-state index in [1.807, 2.05) is 24.4 Å². The molecule has 0 aliphatic rings. The van der Waals surface area contributed by atoms with E-state index in [2.05, 4.69) is 10.6 Å². The molecule has 0 spiro atoms. The third kappa shape index (κ3) is 4.54. The number of aliphatic hydroxyl groups excluding tert-OH is 1. The van der Waals surface area contributed by atoms with Crippen molar-refractivity contribution < 1.29 is 19.3 Å². The van der Waals surface area contributed by atoms with Gasteiger partial charge >= 0.3 is 0 Å². The molecule has 0 unspecified atom stereocenters. The predicted molar refractivity (Wildman–Crippen MR) is 81.4 cm³/mol. The molecule has 1 N–H and O–H groups in total. The number of hydrogen-bond donors (Lipinski definition) is 1. The normalized spacial score (nSPS) is 11.3. The summed E-state index contributed by atoms with van der Waals surface area (Å²) in [6.45, 7) is 3.89. The number of methoxy groups -OCH3 is 1. The van der Waals surface area contributed by atoms with Gasteiger partial charge in [-0.05, 0) is 17.7 Å². The predicted octanol–water partition coefficient (Wildman–Crippen LogP) is 1.81. The average Bonchev–Trinajstić information content (AvgIpc) is 2.93. The van der Waals surface area contributed by atoms with E-state index in [4.69, 9.17) is 14.2 Å². The molecule has 0 fully saturated rings. The van der Waals surface area contributed by atoms with E-state index >= 15 is 0 Å². The highest BCUT2D eigenvalue weighted by molar-refractivity contribution is 5.83. The molecule has 0 aliphatic heterocycles. The molecule has 1 heterocycles. The number of aromatic nitrogens is 1. The van der Waals surface area contributed by atoms with Gasteiger partial charge in [-0.2, -0.15) is 0 Å². The van der Waals surface area contributed by atoms with Gasteiger partial charge in [0.1, 0.15) is 0 Å². The molecule has 0 amide bonds. The van der Waals surface area contributed by atoms with Crippen LogP contribution in [0.3, 0.4) is 0 Å². The molecular formula is C16H23NO4. The Kier molecular flexibility index (Phi) is 6.69. The van der Waals surface area contributed by atoms with E-state index in [-0.39, 0.29) is 6.61 Å². The van der Waals surface area contributed by atoms with Crippen LogP contribution in [0.15, 0.2) is 30.5 Å². The maximum Gasteiger partial charge on any atom is 0.0701 e. The number of aliphatic hydroxyl groups is 1. The van der Waals surface area contributed by atoms with Crippen LogP contribution in [-0.4, -0.2) is 49.8 Å². The molecule has 116 valence electrons. The highest BCUT2D eigenvalue weighted by Gasteiger charge is 2.04. The van der Waals surface area contributed by atoms with Gasteiger partial charge in [-0.3, -0.25) is 0 Å². The summed E-state index contributed by atoms with van der Waals surface area (Å²) in [6.07, 6.45) is 2.03. The van der Waals surface area contributed by atoms with Crippen molar-refractivity contribution >= 4 is 10.9 Å². The smallest absolute Gasteiger partial charge is 0.0701 e. The Labute approximate surface area is 125 Å². The first-order chi connectivity index (χ1) is 10.4. The Bertz CT molecular complexity index is 538. The van der Waals surface area contributed by atoms with Crippen LogP contribution in [0.4, 0.5) is 0 Å². The number of hydrogen-bond acceptors (Lipinski definition) is 4. The Morgan fingerprint density at radius 1 is 1.00 bits per heavy atom. The molecule has 2 aromatic rings. The maximum atomic E-state index is 9.32. The Morgan fingerprint density at radius 3 is 2.52 bits per heavy atom. The van der Waals surface area contributed by atoms with Crippen molar-refractivity contribution in [1.82, 2.24) is 4.57 Å². The van der Waals surface area contributed by atoms with E-state index in [0.29, 0.717) is 33.0 Å². The number of nitrogens with zero attached hydrogens (tertiary/aromatic N) is 1. The van der Waals surface area contributed by atoms with Crippen LogP contribution in [0.1, 0.15) is 5.56 Å². The van der Waals surface area contributed by atoms with E-state index in [9.17, 15) is 5.11 Å². The fourth-order valence-corrected chi connectivity index (χ4v) is 2.25. The summed E-state index contributed by atoms with van der Waals surface area (Å²) in [6, 6.07) is 8.01. The molecule has 5 nitrogen and oxygen atoms in total. The number of benzene rings is 1. The summed E-state index contributed by atoms with van der Waals surface area (Å²) in [7, 11) is 1.66. The lowest BCUT2D eigenvalue weighted by Gasteiger charge is -2.08. The topological polar surface area (TPSA) is 52.9 Å². The highest BCUT2D eigenvalue weighted by Crippen LogP contribution is 2.20. The van der Waals surface area contributed by atoms with Crippen molar-refractivity contribution in [2.24, 2.45) is 0 Å². The number of fused-ring (bicyclic) bond motifs is 1.